The van der Waals surface area contributed by atoms with E-state index in [1.54, 1.807) is 17.8 Å². The number of pyridine rings is 1. The minimum Gasteiger partial charge on any atom is -0.356 e. The van der Waals surface area contributed by atoms with E-state index in [0.717, 1.165) is 38.4 Å². The van der Waals surface area contributed by atoms with Crippen LogP contribution in [-0.4, -0.2) is 88.6 Å². The quantitative estimate of drug-likeness (QED) is 0.588. The zero-order valence-corrected chi connectivity index (χ0v) is 21.7. The summed E-state index contributed by atoms with van der Waals surface area (Å²) in [6, 6.07) is 4.49. The lowest BCUT2D eigenvalue weighted by Gasteiger charge is -2.40. The normalized spacial score (nSPS) is 21.2. The first-order valence-electron chi connectivity index (χ1n) is 13.9. The number of carbonyl (C=O) groups is 1. The van der Waals surface area contributed by atoms with E-state index in [-0.39, 0.29) is 17.4 Å². The molecule has 0 saturated carbocycles. The van der Waals surface area contributed by atoms with Crippen molar-refractivity contribution in [2.75, 3.05) is 57.3 Å². The summed E-state index contributed by atoms with van der Waals surface area (Å²) in [5, 5.41) is 3.17. The number of amides is 1. The summed E-state index contributed by atoms with van der Waals surface area (Å²) in [7, 11) is 1.74. The largest absolute Gasteiger partial charge is 0.356 e. The first-order valence-corrected chi connectivity index (χ1v) is 13.9. The molecule has 0 radical (unpaired) electrons. The fraction of sp³-hybridized carbons (Fsp3) is 0.704. The van der Waals surface area contributed by atoms with Crippen molar-refractivity contribution in [1.29, 1.82) is 0 Å². The molecule has 3 aliphatic heterocycles. The Kier molecular flexibility index (Phi) is 8.16. The third-order valence-electron chi connectivity index (χ3n) is 8.39. The molecule has 3 saturated heterocycles. The first kappa shape index (κ1) is 25.1. The Bertz CT molecular complexity index is 1080. The van der Waals surface area contributed by atoms with Gasteiger partial charge >= 0.3 is 0 Å². The SMILES string of the molecule is Cn1c(=O)c(N2CCC(C(=O)NCCCN3CCC(N4CCCCC4)CC3)CC2)nc2cccnc21. The fourth-order valence-electron chi connectivity index (χ4n) is 6.15. The van der Waals surface area contributed by atoms with Crippen LogP contribution in [0.4, 0.5) is 5.82 Å². The number of hydrogen-bond acceptors (Lipinski definition) is 7. The van der Waals surface area contributed by atoms with Gasteiger partial charge in [0.2, 0.25) is 5.91 Å². The molecule has 3 fully saturated rings. The van der Waals surface area contributed by atoms with Crippen LogP contribution in [-0.2, 0) is 11.8 Å². The number of likely N-dealkylation sites (tertiary alicyclic amines) is 2. The molecule has 0 bridgehead atoms. The average molecular weight is 496 g/mol. The summed E-state index contributed by atoms with van der Waals surface area (Å²) in [6.07, 6.45) is 10.9. The molecular weight excluding hydrogens is 454 g/mol. The van der Waals surface area contributed by atoms with Gasteiger partial charge in [0.25, 0.3) is 5.56 Å². The molecule has 2 aromatic rings. The molecule has 9 nitrogen and oxygen atoms in total. The average Bonchev–Trinajstić information content (AvgIpc) is 2.94. The van der Waals surface area contributed by atoms with Crippen LogP contribution in [0.3, 0.4) is 0 Å². The smallest absolute Gasteiger partial charge is 0.294 e. The highest BCUT2D eigenvalue weighted by Gasteiger charge is 2.28. The Morgan fingerprint density at radius 3 is 2.53 bits per heavy atom. The minimum absolute atomic E-state index is 0.00696. The van der Waals surface area contributed by atoms with Crippen LogP contribution in [0.25, 0.3) is 11.2 Å². The molecule has 9 heteroatoms. The summed E-state index contributed by atoms with van der Waals surface area (Å²) in [4.78, 5) is 41.8. The van der Waals surface area contributed by atoms with Gasteiger partial charge in [-0.2, -0.15) is 0 Å². The highest BCUT2D eigenvalue weighted by molar-refractivity contribution is 5.79. The second kappa shape index (κ2) is 11.7. The lowest BCUT2D eigenvalue weighted by atomic mass is 9.96. The molecule has 0 atom stereocenters. The van der Waals surface area contributed by atoms with Crippen LogP contribution in [0, 0.1) is 5.92 Å². The highest BCUT2D eigenvalue weighted by atomic mass is 16.2. The van der Waals surface area contributed by atoms with E-state index in [0.29, 0.717) is 30.1 Å². The monoisotopic (exact) mass is 495 g/mol. The summed E-state index contributed by atoms with van der Waals surface area (Å²) in [6.45, 7) is 8.10. The number of aromatic nitrogens is 3. The van der Waals surface area contributed by atoms with E-state index >= 15 is 0 Å². The van der Waals surface area contributed by atoms with E-state index in [1.165, 1.54) is 58.3 Å². The maximum atomic E-state index is 12.8. The molecule has 0 unspecified atom stereocenters. The van der Waals surface area contributed by atoms with E-state index < -0.39 is 0 Å². The molecule has 3 aliphatic rings. The number of carbonyl (C=O) groups excluding carboxylic acids is 1. The molecule has 196 valence electrons. The zero-order chi connectivity index (χ0) is 24.9. The number of anilines is 1. The number of hydrogen-bond donors (Lipinski definition) is 1. The zero-order valence-electron chi connectivity index (χ0n) is 21.7. The number of nitrogens with one attached hydrogen (secondary N) is 1. The number of aryl methyl sites for hydroxylation is 1. The van der Waals surface area contributed by atoms with Gasteiger partial charge in [0.15, 0.2) is 11.5 Å². The highest BCUT2D eigenvalue weighted by Crippen LogP contribution is 2.22. The summed E-state index contributed by atoms with van der Waals surface area (Å²) in [5.41, 5.74) is 1.17. The van der Waals surface area contributed by atoms with Gasteiger partial charge in [-0.25, -0.2) is 9.97 Å². The molecule has 36 heavy (non-hydrogen) atoms. The van der Waals surface area contributed by atoms with Gasteiger partial charge in [-0.15, -0.1) is 0 Å². The summed E-state index contributed by atoms with van der Waals surface area (Å²) in [5.74, 6) is 0.621. The molecule has 5 heterocycles. The Morgan fingerprint density at radius 2 is 1.78 bits per heavy atom. The van der Waals surface area contributed by atoms with Crippen LogP contribution in [0.2, 0.25) is 0 Å². The number of fused-ring (bicyclic) bond motifs is 1. The second-order valence-corrected chi connectivity index (χ2v) is 10.7. The van der Waals surface area contributed by atoms with Crippen LogP contribution < -0.4 is 15.8 Å². The van der Waals surface area contributed by atoms with E-state index in [1.807, 2.05) is 17.0 Å². The van der Waals surface area contributed by atoms with Crippen LogP contribution in [0.5, 0.6) is 0 Å². The molecule has 1 amide bonds. The van der Waals surface area contributed by atoms with Crippen molar-refractivity contribution in [2.24, 2.45) is 13.0 Å². The van der Waals surface area contributed by atoms with Crippen molar-refractivity contribution in [3.8, 4) is 0 Å². The van der Waals surface area contributed by atoms with E-state index in [2.05, 4.69) is 25.1 Å². The summed E-state index contributed by atoms with van der Waals surface area (Å²) >= 11 is 0. The lowest BCUT2D eigenvalue weighted by molar-refractivity contribution is -0.125. The third kappa shape index (κ3) is 5.72. The predicted molar refractivity (Wildman–Crippen MR) is 142 cm³/mol. The van der Waals surface area contributed by atoms with E-state index in [4.69, 9.17) is 0 Å². The standard InChI is InChI=1S/C27H41N7O2/c1-31-24-23(7-5-12-28-24)30-25(27(31)36)34-19-8-21(9-20-34)26(35)29-13-6-14-32-17-10-22(11-18-32)33-15-3-2-4-16-33/h5,7,12,21-22H,2-4,6,8-11,13-20H2,1H3,(H,29,35). The number of piperidine rings is 3. The summed E-state index contributed by atoms with van der Waals surface area (Å²) < 4.78 is 1.56. The molecular formula is C27H41N7O2. The molecule has 5 rings (SSSR count). The molecule has 1 N–H and O–H groups in total. The number of nitrogens with zero attached hydrogens (tertiary/aromatic N) is 6. The molecule has 0 aromatic carbocycles. The van der Waals surface area contributed by atoms with Gasteiger partial charge in [0.1, 0.15) is 5.52 Å². The fourth-order valence-corrected chi connectivity index (χ4v) is 6.15. The Hall–Kier alpha value is -2.52. The van der Waals surface area contributed by atoms with Crippen molar-refractivity contribution >= 4 is 22.9 Å². The van der Waals surface area contributed by atoms with Crippen LogP contribution in [0.15, 0.2) is 23.1 Å². The van der Waals surface area contributed by atoms with Gasteiger partial charge in [-0.05, 0) is 89.8 Å². The number of rotatable bonds is 7. The Balaban J connectivity index is 1.02. The van der Waals surface area contributed by atoms with Crippen molar-refractivity contribution < 1.29 is 4.79 Å². The third-order valence-corrected chi connectivity index (χ3v) is 8.39. The Morgan fingerprint density at radius 1 is 1.03 bits per heavy atom. The van der Waals surface area contributed by atoms with Gasteiger partial charge in [-0.3, -0.25) is 14.2 Å². The minimum atomic E-state index is -0.135. The van der Waals surface area contributed by atoms with Crippen molar-refractivity contribution in [3.63, 3.8) is 0 Å². The topological polar surface area (TPSA) is 86.6 Å². The van der Waals surface area contributed by atoms with Gasteiger partial charge in [-0.1, -0.05) is 6.42 Å². The van der Waals surface area contributed by atoms with Crippen molar-refractivity contribution in [3.05, 3.63) is 28.7 Å². The van der Waals surface area contributed by atoms with Gasteiger partial charge in [0.05, 0.1) is 0 Å². The van der Waals surface area contributed by atoms with Crippen molar-refractivity contribution in [2.45, 2.75) is 57.4 Å². The van der Waals surface area contributed by atoms with E-state index in [9.17, 15) is 9.59 Å². The van der Waals surface area contributed by atoms with Crippen molar-refractivity contribution in [1.82, 2.24) is 29.7 Å². The maximum absolute atomic E-state index is 12.8. The Labute approximate surface area is 213 Å². The second-order valence-electron chi connectivity index (χ2n) is 10.7. The maximum Gasteiger partial charge on any atom is 0.294 e. The van der Waals surface area contributed by atoms with Crippen LogP contribution in [0.1, 0.15) is 51.4 Å². The molecule has 0 aliphatic carbocycles. The van der Waals surface area contributed by atoms with Crippen LogP contribution >= 0.6 is 0 Å². The predicted octanol–water partition coefficient (Wildman–Crippen LogP) is 2.00. The molecule has 2 aromatic heterocycles. The lowest BCUT2D eigenvalue weighted by Crippen LogP contribution is -2.47. The molecule has 0 spiro atoms. The first-order chi connectivity index (χ1) is 17.6. The van der Waals surface area contributed by atoms with Gasteiger partial charge < -0.3 is 20.0 Å². The van der Waals surface area contributed by atoms with Gasteiger partial charge in [0, 0.05) is 44.8 Å².